The lowest BCUT2D eigenvalue weighted by molar-refractivity contribution is 0.0684. The van der Waals surface area contributed by atoms with Gasteiger partial charge in [-0.2, -0.15) is 0 Å². The second kappa shape index (κ2) is 4.18. The highest BCUT2D eigenvalue weighted by molar-refractivity contribution is 5.08. The van der Waals surface area contributed by atoms with Gasteiger partial charge in [0.1, 0.15) is 0 Å². The highest BCUT2D eigenvalue weighted by atomic mass is 16.3. The molecule has 1 aromatic heterocycles. The van der Waals surface area contributed by atoms with Crippen molar-refractivity contribution in [2.75, 3.05) is 0 Å². The summed E-state index contributed by atoms with van der Waals surface area (Å²) in [7, 11) is 0. The predicted octanol–water partition coefficient (Wildman–Crippen LogP) is 2.87. The quantitative estimate of drug-likeness (QED) is 0.744. The van der Waals surface area contributed by atoms with Gasteiger partial charge in [-0.3, -0.25) is 0 Å². The summed E-state index contributed by atoms with van der Waals surface area (Å²) >= 11 is 0. The maximum Gasteiger partial charge on any atom is 0.0965 e. The summed E-state index contributed by atoms with van der Waals surface area (Å²) in [5.41, 5.74) is 0.976. The van der Waals surface area contributed by atoms with E-state index >= 15 is 0 Å². The molecular weight excluding hydrogens is 174 g/mol. The summed E-state index contributed by atoms with van der Waals surface area (Å²) in [6.07, 6.45) is 6.53. The Labute approximate surface area is 85.3 Å². The van der Waals surface area contributed by atoms with Crippen molar-refractivity contribution in [3.8, 4) is 0 Å². The molecule has 2 nitrogen and oxygen atoms in total. The van der Waals surface area contributed by atoms with Gasteiger partial charge in [0.2, 0.25) is 0 Å². The van der Waals surface area contributed by atoms with Crippen LogP contribution in [0.1, 0.15) is 44.4 Å². The normalized spacial score (nSPS) is 30.1. The Morgan fingerprint density at radius 3 is 3.00 bits per heavy atom. The average Bonchev–Trinajstić information content (AvgIpc) is 2.69. The highest BCUT2D eigenvalue weighted by Gasteiger charge is 2.26. The summed E-state index contributed by atoms with van der Waals surface area (Å²) in [5.74, 6) is 1.23. The zero-order valence-electron chi connectivity index (χ0n) is 8.74. The van der Waals surface area contributed by atoms with Crippen LogP contribution >= 0.6 is 0 Å². The first-order chi connectivity index (χ1) is 6.77. The monoisotopic (exact) mass is 193 g/mol. The maximum atomic E-state index is 10.1. The first-order valence-electron chi connectivity index (χ1n) is 5.58. The fourth-order valence-corrected chi connectivity index (χ4v) is 2.55. The van der Waals surface area contributed by atoms with E-state index in [0.717, 1.165) is 11.6 Å². The molecule has 78 valence electrons. The molecule has 1 aliphatic carbocycles. The van der Waals surface area contributed by atoms with Crippen molar-refractivity contribution in [3.05, 3.63) is 24.0 Å². The van der Waals surface area contributed by atoms with Gasteiger partial charge in [0.05, 0.1) is 6.10 Å². The van der Waals surface area contributed by atoms with E-state index in [-0.39, 0.29) is 6.10 Å². The molecule has 0 radical (unpaired) electrons. The van der Waals surface area contributed by atoms with Gasteiger partial charge in [0, 0.05) is 11.9 Å². The minimum atomic E-state index is -0.284. The number of hydrogen-bond donors (Lipinski definition) is 2. The second-order valence-electron chi connectivity index (χ2n) is 4.60. The van der Waals surface area contributed by atoms with Crippen LogP contribution < -0.4 is 0 Å². The Kier molecular flexibility index (Phi) is 2.92. The predicted molar refractivity (Wildman–Crippen MR) is 56.9 cm³/mol. The molecule has 0 bridgehead atoms. The van der Waals surface area contributed by atoms with E-state index in [1.54, 1.807) is 0 Å². The lowest BCUT2D eigenvalue weighted by atomic mass is 9.79. The molecule has 0 saturated heterocycles. The number of aromatic amines is 1. The fourth-order valence-electron chi connectivity index (χ4n) is 2.55. The first-order valence-corrected chi connectivity index (χ1v) is 5.58. The maximum absolute atomic E-state index is 10.1. The number of hydrogen-bond acceptors (Lipinski definition) is 1. The van der Waals surface area contributed by atoms with Gasteiger partial charge in [-0.25, -0.2) is 0 Å². The molecule has 1 aromatic rings. The largest absolute Gasteiger partial charge is 0.387 e. The van der Waals surface area contributed by atoms with Crippen LogP contribution in [0.4, 0.5) is 0 Å². The van der Waals surface area contributed by atoms with Crippen molar-refractivity contribution in [3.63, 3.8) is 0 Å². The minimum absolute atomic E-state index is 0.284. The van der Waals surface area contributed by atoms with Crippen LogP contribution in [0.15, 0.2) is 18.3 Å². The zero-order valence-corrected chi connectivity index (χ0v) is 8.74. The number of aliphatic hydroxyl groups is 1. The van der Waals surface area contributed by atoms with Gasteiger partial charge in [-0.1, -0.05) is 19.8 Å². The second-order valence-corrected chi connectivity index (χ2v) is 4.60. The average molecular weight is 193 g/mol. The zero-order chi connectivity index (χ0) is 9.97. The summed E-state index contributed by atoms with van der Waals surface area (Å²) in [5, 5.41) is 10.1. The molecular formula is C12H19NO. The first kappa shape index (κ1) is 9.78. The third-order valence-corrected chi connectivity index (χ3v) is 3.36. The Bertz CT molecular complexity index is 268. The van der Waals surface area contributed by atoms with Crippen LogP contribution in [0.2, 0.25) is 0 Å². The van der Waals surface area contributed by atoms with E-state index < -0.39 is 0 Å². The van der Waals surface area contributed by atoms with Gasteiger partial charge in [-0.05, 0) is 36.8 Å². The molecule has 1 saturated carbocycles. The molecule has 0 aliphatic heterocycles. The molecule has 2 heteroatoms. The smallest absolute Gasteiger partial charge is 0.0965 e. The van der Waals surface area contributed by atoms with E-state index in [0.29, 0.717) is 5.92 Å². The van der Waals surface area contributed by atoms with Crippen LogP contribution in [0.5, 0.6) is 0 Å². The van der Waals surface area contributed by atoms with E-state index in [1.165, 1.54) is 25.7 Å². The molecule has 3 unspecified atom stereocenters. The molecule has 1 fully saturated rings. The summed E-state index contributed by atoms with van der Waals surface area (Å²) < 4.78 is 0. The molecule has 2 rings (SSSR count). The molecule has 1 heterocycles. The van der Waals surface area contributed by atoms with Crippen LogP contribution in [0.25, 0.3) is 0 Å². The fraction of sp³-hybridized carbons (Fsp3) is 0.667. The Morgan fingerprint density at radius 1 is 1.50 bits per heavy atom. The third kappa shape index (κ3) is 2.01. The van der Waals surface area contributed by atoms with Crippen molar-refractivity contribution in [2.45, 2.75) is 38.7 Å². The van der Waals surface area contributed by atoms with Gasteiger partial charge >= 0.3 is 0 Å². The van der Waals surface area contributed by atoms with Crippen molar-refractivity contribution < 1.29 is 5.11 Å². The van der Waals surface area contributed by atoms with Crippen LogP contribution in [-0.2, 0) is 0 Å². The standard InChI is InChI=1S/C12H19NO/c1-9-4-2-5-10(8-9)12(14)11-6-3-7-13-11/h3,6-7,9-10,12-14H,2,4-5,8H2,1H3. The van der Waals surface area contributed by atoms with E-state index in [9.17, 15) is 5.11 Å². The Hall–Kier alpha value is -0.760. The summed E-state index contributed by atoms with van der Waals surface area (Å²) in [6.45, 7) is 2.29. The van der Waals surface area contributed by atoms with Gasteiger partial charge in [0.15, 0.2) is 0 Å². The van der Waals surface area contributed by atoms with Crippen molar-refractivity contribution in [1.29, 1.82) is 0 Å². The van der Waals surface area contributed by atoms with Crippen molar-refractivity contribution >= 4 is 0 Å². The van der Waals surface area contributed by atoms with Gasteiger partial charge < -0.3 is 10.1 Å². The Balaban J connectivity index is 2.00. The number of aliphatic hydroxyl groups excluding tert-OH is 1. The van der Waals surface area contributed by atoms with Crippen LogP contribution in [0, 0.1) is 11.8 Å². The van der Waals surface area contributed by atoms with Gasteiger partial charge in [0.25, 0.3) is 0 Å². The molecule has 0 amide bonds. The van der Waals surface area contributed by atoms with Crippen molar-refractivity contribution in [2.24, 2.45) is 11.8 Å². The number of aromatic nitrogens is 1. The minimum Gasteiger partial charge on any atom is -0.387 e. The van der Waals surface area contributed by atoms with Crippen LogP contribution in [-0.4, -0.2) is 10.1 Å². The third-order valence-electron chi connectivity index (χ3n) is 3.36. The van der Waals surface area contributed by atoms with Gasteiger partial charge in [-0.15, -0.1) is 0 Å². The lowest BCUT2D eigenvalue weighted by Gasteiger charge is -2.29. The number of H-pyrrole nitrogens is 1. The molecule has 14 heavy (non-hydrogen) atoms. The lowest BCUT2D eigenvalue weighted by Crippen LogP contribution is -2.20. The highest BCUT2D eigenvalue weighted by Crippen LogP contribution is 2.36. The molecule has 1 aliphatic rings. The van der Waals surface area contributed by atoms with Crippen molar-refractivity contribution in [1.82, 2.24) is 4.98 Å². The SMILES string of the molecule is CC1CCCC(C(O)c2ccc[nH]2)C1. The van der Waals surface area contributed by atoms with E-state index in [1.807, 2.05) is 18.3 Å². The van der Waals surface area contributed by atoms with E-state index in [4.69, 9.17) is 0 Å². The molecule has 3 atom stereocenters. The topological polar surface area (TPSA) is 36.0 Å². The molecule has 2 N–H and O–H groups in total. The molecule has 0 aromatic carbocycles. The number of rotatable bonds is 2. The Morgan fingerprint density at radius 2 is 2.36 bits per heavy atom. The summed E-state index contributed by atoms with van der Waals surface area (Å²) in [4.78, 5) is 3.10. The number of nitrogens with one attached hydrogen (secondary N) is 1. The molecule has 0 spiro atoms. The van der Waals surface area contributed by atoms with Crippen LogP contribution in [0.3, 0.4) is 0 Å². The van der Waals surface area contributed by atoms with E-state index in [2.05, 4.69) is 11.9 Å². The summed E-state index contributed by atoms with van der Waals surface area (Å²) in [6, 6.07) is 3.93.